The number of nitrogens with two attached hydrogens (primary N) is 1. The number of carboxylic acids is 1. The van der Waals surface area contributed by atoms with E-state index in [4.69, 9.17) is 5.73 Å². The van der Waals surface area contributed by atoms with Crippen LogP contribution in [0.2, 0.25) is 0 Å². The minimum Gasteiger partial charge on any atom is -0.543 e. The van der Waals surface area contributed by atoms with Gasteiger partial charge in [0.15, 0.2) is 5.78 Å². The van der Waals surface area contributed by atoms with E-state index < -0.39 is 17.4 Å². The average Bonchev–Trinajstić information content (AvgIpc) is 2.72. The number of hydrogen-bond acceptors (Lipinski definition) is 4. The molecule has 0 saturated carbocycles. The molecule has 0 aliphatic heterocycles. The molecule has 0 radical (unpaired) electrons. The second-order valence-electron chi connectivity index (χ2n) is 3.50. The Kier molecular flexibility index (Phi) is 4.72. The van der Waals surface area contributed by atoms with Gasteiger partial charge in [-0.1, -0.05) is 18.2 Å². The van der Waals surface area contributed by atoms with Gasteiger partial charge in [0, 0.05) is 28.7 Å². The molecule has 0 aliphatic rings. The normalized spacial score (nSPS) is 11.0. The molecular formula is C12H9N2NaO3. The second kappa shape index (κ2) is 5.86. The minimum absolute atomic E-state index is 0. The van der Waals surface area contributed by atoms with Crippen LogP contribution < -0.4 is 40.4 Å². The summed E-state index contributed by atoms with van der Waals surface area (Å²) in [6, 6.07) is 7.21. The summed E-state index contributed by atoms with van der Waals surface area (Å²) in [7, 11) is 0. The molecule has 0 aliphatic carbocycles. The van der Waals surface area contributed by atoms with Crippen molar-refractivity contribution >= 4 is 22.7 Å². The van der Waals surface area contributed by atoms with Crippen LogP contribution in [-0.4, -0.2) is 16.7 Å². The Morgan fingerprint density at radius 3 is 2.61 bits per heavy atom. The van der Waals surface area contributed by atoms with Crippen LogP contribution in [0.3, 0.4) is 0 Å². The zero-order valence-electron chi connectivity index (χ0n) is 9.77. The summed E-state index contributed by atoms with van der Waals surface area (Å²) in [4.78, 5) is 25.1. The molecule has 2 aromatic rings. The number of aliphatic carboxylic acids is 1. The molecule has 1 aromatic carbocycles. The maximum atomic E-state index is 11.8. The molecule has 1 heterocycles. The third-order valence-electron chi connectivity index (χ3n) is 2.38. The van der Waals surface area contributed by atoms with Gasteiger partial charge in [-0.3, -0.25) is 4.79 Å². The molecule has 0 saturated heterocycles. The third kappa shape index (κ3) is 2.81. The van der Waals surface area contributed by atoms with E-state index in [-0.39, 0.29) is 29.6 Å². The fourth-order valence-electron chi connectivity index (χ4n) is 1.55. The van der Waals surface area contributed by atoms with E-state index in [0.29, 0.717) is 5.56 Å². The Balaban J connectivity index is 0.00000162. The molecule has 0 amide bonds. The molecule has 0 fully saturated rings. The summed E-state index contributed by atoms with van der Waals surface area (Å²) in [6.07, 6.45) is 2.37. The maximum Gasteiger partial charge on any atom is 1.00 e. The number of nitrogens with one attached hydrogen (secondary N) is 1. The van der Waals surface area contributed by atoms with Crippen LogP contribution in [0.1, 0.15) is 10.4 Å². The van der Waals surface area contributed by atoms with E-state index in [2.05, 4.69) is 4.98 Å². The molecule has 2 rings (SSSR count). The number of H-pyrrole nitrogens is 1. The van der Waals surface area contributed by atoms with Gasteiger partial charge in [-0.25, -0.2) is 0 Å². The summed E-state index contributed by atoms with van der Waals surface area (Å²) in [5.74, 6) is -2.03. The number of para-hydroxylation sites is 1. The number of fused-ring (bicyclic) bond motifs is 1. The molecular weight excluding hydrogens is 243 g/mol. The minimum atomic E-state index is -1.56. The molecule has 5 nitrogen and oxygen atoms in total. The van der Waals surface area contributed by atoms with Gasteiger partial charge in [-0.15, -0.1) is 0 Å². The van der Waals surface area contributed by atoms with Gasteiger partial charge in [0.05, 0.1) is 11.7 Å². The number of hydrogen-bond donors (Lipinski definition) is 2. The quantitative estimate of drug-likeness (QED) is 0.344. The van der Waals surface area contributed by atoms with Crippen LogP contribution in [0.5, 0.6) is 0 Å². The number of rotatable bonds is 3. The number of aromatic nitrogens is 1. The zero-order valence-corrected chi connectivity index (χ0v) is 11.8. The summed E-state index contributed by atoms with van der Waals surface area (Å²) in [6.45, 7) is 0. The fraction of sp³-hybridized carbons (Fsp3) is 0. The van der Waals surface area contributed by atoms with E-state index in [1.165, 1.54) is 6.20 Å². The van der Waals surface area contributed by atoms with E-state index in [0.717, 1.165) is 17.0 Å². The van der Waals surface area contributed by atoms with Gasteiger partial charge in [-0.2, -0.15) is 0 Å². The van der Waals surface area contributed by atoms with Gasteiger partial charge < -0.3 is 20.6 Å². The zero-order chi connectivity index (χ0) is 12.4. The standard InChI is InChI=1S/C12H10N2O3.Na/c13-9(12(16)17)5-11(15)8-6-14-10-4-2-1-3-7(8)10;/h1-6,14H,13H2,(H,16,17);/q;+1/p-1. The smallest absolute Gasteiger partial charge is 0.543 e. The van der Waals surface area contributed by atoms with E-state index in [1.54, 1.807) is 12.1 Å². The number of ketones is 1. The predicted octanol–water partition coefficient (Wildman–Crippen LogP) is -3.05. The molecule has 0 atom stereocenters. The first-order valence-electron chi connectivity index (χ1n) is 4.88. The third-order valence-corrected chi connectivity index (χ3v) is 2.38. The summed E-state index contributed by atoms with van der Waals surface area (Å²) >= 11 is 0. The number of allylic oxidation sites excluding steroid dienone is 1. The van der Waals surface area contributed by atoms with Crippen LogP contribution in [-0.2, 0) is 4.79 Å². The first-order chi connectivity index (χ1) is 8.09. The number of carbonyl (C=O) groups excluding carboxylic acids is 2. The van der Waals surface area contributed by atoms with Crippen molar-refractivity contribution in [3.8, 4) is 0 Å². The van der Waals surface area contributed by atoms with Crippen molar-refractivity contribution < 1.29 is 44.3 Å². The second-order valence-corrected chi connectivity index (χ2v) is 3.50. The summed E-state index contributed by atoms with van der Waals surface area (Å²) in [5.41, 5.74) is 5.73. The number of benzene rings is 1. The van der Waals surface area contributed by atoms with Crippen molar-refractivity contribution in [3.05, 3.63) is 47.8 Å². The van der Waals surface area contributed by atoms with Crippen LogP contribution in [0.15, 0.2) is 42.2 Å². The molecule has 0 unspecified atom stereocenters. The van der Waals surface area contributed by atoms with Crippen molar-refractivity contribution in [1.82, 2.24) is 4.98 Å². The molecule has 1 aromatic heterocycles. The number of carboxylic acid groups (broad SMARTS) is 1. The topological polar surface area (TPSA) is 99.0 Å². The Morgan fingerprint density at radius 1 is 1.28 bits per heavy atom. The fourth-order valence-corrected chi connectivity index (χ4v) is 1.55. The van der Waals surface area contributed by atoms with Gasteiger partial charge in [0.25, 0.3) is 0 Å². The van der Waals surface area contributed by atoms with Gasteiger partial charge >= 0.3 is 29.6 Å². The first-order valence-corrected chi connectivity index (χ1v) is 4.88. The van der Waals surface area contributed by atoms with E-state index in [1.807, 2.05) is 12.1 Å². The van der Waals surface area contributed by atoms with E-state index >= 15 is 0 Å². The van der Waals surface area contributed by atoms with Crippen molar-refractivity contribution in [2.75, 3.05) is 0 Å². The van der Waals surface area contributed by atoms with Crippen molar-refractivity contribution in [3.63, 3.8) is 0 Å². The monoisotopic (exact) mass is 252 g/mol. The van der Waals surface area contributed by atoms with Crippen LogP contribution in [0, 0.1) is 0 Å². The van der Waals surface area contributed by atoms with Gasteiger partial charge in [0.2, 0.25) is 0 Å². The van der Waals surface area contributed by atoms with Crippen LogP contribution in [0.4, 0.5) is 0 Å². The summed E-state index contributed by atoms with van der Waals surface area (Å²) < 4.78 is 0. The average molecular weight is 252 g/mol. The first kappa shape index (κ1) is 14.5. The number of aromatic amines is 1. The SMILES string of the molecule is NC(=CC(=O)c1c[nH]c2ccccc12)C(=O)[O-].[Na+]. The predicted molar refractivity (Wildman–Crippen MR) is 59.9 cm³/mol. The van der Waals surface area contributed by atoms with Crippen LogP contribution >= 0.6 is 0 Å². The molecule has 6 heteroatoms. The Morgan fingerprint density at radius 2 is 1.94 bits per heavy atom. The van der Waals surface area contributed by atoms with Gasteiger partial charge in [0.1, 0.15) is 0 Å². The largest absolute Gasteiger partial charge is 1.00 e. The van der Waals surface area contributed by atoms with Crippen LogP contribution in [0.25, 0.3) is 10.9 Å². The molecule has 18 heavy (non-hydrogen) atoms. The Bertz CT molecular complexity index is 631. The van der Waals surface area contributed by atoms with Crippen molar-refractivity contribution in [1.29, 1.82) is 0 Å². The molecule has 86 valence electrons. The van der Waals surface area contributed by atoms with E-state index in [9.17, 15) is 14.7 Å². The number of carbonyl (C=O) groups is 2. The van der Waals surface area contributed by atoms with Crippen molar-refractivity contribution in [2.45, 2.75) is 0 Å². The Labute approximate surface area is 125 Å². The molecule has 3 N–H and O–H groups in total. The molecule has 0 spiro atoms. The Hall–Kier alpha value is -1.56. The van der Waals surface area contributed by atoms with Crippen molar-refractivity contribution in [2.24, 2.45) is 5.73 Å². The molecule has 0 bridgehead atoms. The van der Waals surface area contributed by atoms with Gasteiger partial charge in [-0.05, 0) is 6.07 Å². The maximum absolute atomic E-state index is 11.8. The summed E-state index contributed by atoms with van der Waals surface area (Å²) in [5, 5.41) is 11.1.